The predicted molar refractivity (Wildman–Crippen MR) is 61.8 cm³/mol. The quantitative estimate of drug-likeness (QED) is 0.533. The van der Waals surface area contributed by atoms with Crippen molar-refractivity contribution in [3.05, 3.63) is 29.8 Å². The monoisotopic (exact) mass is 204 g/mol. The molecule has 0 bridgehead atoms. The Morgan fingerprint density at radius 2 is 2.13 bits per heavy atom. The van der Waals surface area contributed by atoms with Crippen molar-refractivity contribution in [3.63, 3.8) is 0 Å². The van der Waals surface area contributed by atoms with E-state index < -0.39 is 0 Å². The second-order valence-corrected chi connectivity index (χ2v) is 3.72. The van der Waals surface area contributed by atoms with Gasteiger partial charge in [-0.25, -0.2) is 10.4 Å². The van der Waals surface area contributed by atoms with Gasteiger partial charge in [-0.2, -0.15) is 0 Å². The second-order valence-electron chi connectivity index (χ2n) is 3.72. The lowest BCUT2D eigenvalue weighted by Gasteiger charge is -2.15. The first-order valence-corrected chi connectivity index (χ1v) is 5.17. The third-order valence-corrected chi connectivity index (χ3v) is 2.42. The number of nitrogens with two attached hydrogens (primary N) is 1. The van der Waals surface area contributed by atoms with Crippen LogP contribution in [-0.2, 0) is 0 Å². The smallest absolute Gasteiger partial charge is 0.211 e. The first kappa shape index (κ1) is 9.98. The summed E-state index contributed by atoms with van der Waals surface area (Å²) in [5.74, 6) is 0.538. The molecular formula is C11H16N4. The lowest BCUT2D eigenvalue weighted by molar-refractivity contribution is 0.399. The molecule has 0 saturated carbocycles. The topological polar surface area (TPSA) is 53.6 Å². The number of hydrazine groups is 1. The van der Waals surface area contributed by atoms with Gasteiger partial charge in [0.1, 0.15) is 0 Å². The van der Waals surface area contributed by atoms with Gasteiger partial charge in [0.15, 0.2) is 0 Å². The Labute approximate surface area is 89.8 Å². The van der Waals surface area contributed by atoms with E-state index in [0.29, 0.717) is 5.96 Å². The first-order valence-electron chi connectivity index (χ1n) is 5.17. The number of nitrogens with zero attached hydrogens (tertiary/aromatic N) is 2. The van der Waals surface area contributed by atoms with Gasteiger partial charge < -0.3 is 5.73 Å². The molecule has 1 aliphatic rings. The number of rotatable bonds is 1. The SMILES string of the molecule is Cc1ccc(N=C(N)N2CCCN2)cc1. The third kappa shape index (κ3) is 2.47. The van der Waals surface area contributed by atoms with Crippen molar-refractivity contribution in [3.8, 4) is 0 Å². The van der Waals surface area contributed by atoms with E-state index in [1.54, 1.807) is 0 Å². The lowest BCUT2D eigenvalue weighted by Crippen LogP contribution is -2.41. The number of nitrogens with one attached hydrogen (secondary N) is 1. The molecular weight excluding hydrogens is 188 g/mol. The van der Waals surface area contributed by atoms with Crippen LogP contribution < -0.4 is 11.2 Å². The fourth-order valence-corrected chi connectivity index (χ4v) is 1.54. The van der Waals surface area contributed by atoms with Gasteiger partial charge in [0.2, 0.25) is 5.96 Å². The summed E-state index contributed by atoms with van der Waals surface area (Å²) in [7, 11) is 0. The molecule has 1 aliphatic heterocycles. The zero-order valence-electron chi connectivity index (χ0n) is 8.90. The van der Waals surface area contributed by atoms with Gasteiger partial charge in [-0.05, 0) is 25.5 Å². The van der Waals surface area contributed by atoms with Crippen LogP contribution in [0.15, 0.2) is 29.3 Å². The molecule has 1 saturated heterocycles. The summed E-state index contributed by atoms with van der Waals surface area (Å²) < 4.78 is 0. The van der Waals surface area contributed by atoms with Gasteiger partial charge in [-0.3, -0.25) is 5.01 Å². The number of guanidine groups is 1. The highest BCUT2D eigenvalue weighted by Gasteiger charge is 2.12. The molecule has 0 aromatic heterocycles. The highest BCUT2D eigenvalue weighted by Crippen LogP contribution is 2.12. The molecule has 0 atom stereocenters. The number of benzene rings is 1. The minimum absolute atomic E-state index is 0.538. The molecule has 15 heavy (non-hydrogen) atoms. The summed E-state index contributed by atoms with van der Waals surface area (Å²) in [6, 6.07) is 8.00. The van der Waals surface area contributed by atoms with E-state index in [0.717, 1.165) is 25.2 Å². The highest BCUT2D eigenvalue weighted by molar-refractivity contribution is 5.80. The van der Waals surface area contributed by atoms with Gasteiger partial charge in [-0.1, -0.05) is 17.7 Å². The molecule has 1 heterocycles. The van der Waals surface area contributed by atoms with Crippen LogP contribution in [-0.4, -0.2) is 24.1 Å². The molecule has 0 aliphatic carbocycles. The van der Waals surface area contributed by atoms with Crippen molar-refractivity contribution >= 4 is 11.6 Å². The van der Waals surface area contributed by atoms with Crippen LogP contribution >= 0.6 is 0 Å². The normalized spacial score (nSPS) is 17.1. The molecule has 0 radical (unpaired) electrons. The minimum atomic E-state index is 0.538. The van der Waals surface area contributed by atoms with Gasteiger partial charge in [-0.15, -0.1) is 0 Å². The predicted octanol–water partition coefficient (Wildman–Crippen LogP) is 1.15. The van der Waals surface area contributed by atoms with Crippen LogP contribution in [0.1, 0.15) is 12.0 Å². The zero-order chi connectivity index (χ0) is 10.7. The molecule has 2 rings (SSSR count). The molecule has 4 heteroatoms. The van der Waals surface area contributed by atoms with Crippen LogP contribution in [0.5, 0.6) is 0 Å². The Morgan fingerprint density at radius 1 is 1.40 bits per heavy atom. The maximum Gasteiger partial charge on any atom is 0.211 e. The zero-order valence-corrected chi connectivity index (χ0v) is 8.90. The largest absolute Gasteiger partial charge is 0.368 e. The van der Waals surface area contributed by atoms with Crippen molar-refractivity contribution in [2.24, 2.45) is 10.7 Å². The van der Waals surface area contributed by atoms with Gasteiger partial charge in [0.25, 0.3) is 0 Å². The summed E-state index contributed by atoms with van der Waals surface area (Å²) in [5.41, 5.74) is 11.2. The standard InChI is InChI=1S/C11H16N4/c1-9-3-5-10(6-4-9)14-11(12)15-8-2-7-13-15/h3-6,13H,2,7-8H2,1H3,(H2,12,14). The van der Waals surface area contributed by atoms with E-state index in [1.165, 1.54) is 5.56 Å². The maximum atomic E-state index is 5.86. The van der Waals surface area contributed by atoms with Crippen LogP contribution in [0.4, 0.5) is 5.69 Å². The van der Waals surface area contributed by atoms with Crippen molar-refractivity contribution in [1.82, 2.24) is 10.4 Å². The van der Waals surface area contributed by atoms with Crippen molar-refractivity contribution in [2.45, 2.75) is 13.3 Å². The van der Waals surface area contributed by atoms with E-state index in [1.807, 2.05) is 29.3 Å². The molecule has 1 aromatic carbocycles. The molecule has 1 fully saturated rings. The summed E-state index contributed by atoms with van der Waals surface area (Å²) in [6.07, 6.45) is 1.12. The van der Waals surface area contributed by atoms with Crippen LogP contribution in [0.25, 0.3) is 0 Å². The number of hydrogen-bond donors (Lipinski definition) is 2. The van der Waals surface area contributed by atoms with E-state index >= 15 is 0 Å². The number of hydrogen-bond acceptors (Lipinski definition) is 2. The van der Waals surface area contributed by atoms with E-state index in [4.69, 9.17) is 5.73 Å². The fraction of sp³-hybridized carbons (Fsp3) is 0.364. The Bertz CT molecular complexity index is 349. The molecule has 3 N–H and O–H groups in total. The van der Waals surface area contributed by atoms with E-state index in [-0.39, 0.29) is 0 Å². The Balaban J connectivity index is 2.11. The maximum absolute atomic E-state index is 5.86. The van der Waals surface area contributed by atoms with Crippen molar-refractivity contribution in [1.29, 1.82) is 0 Å². The summed E-state index contributed by atoms with van der Waals surface area (Å²) >= 11 is 0. The summed E-state index contributed by atoms with van der Waals surface area (Å²) in [5, 5.41) is 1.89. The lowest BCUT2D eigenvalue weighted by atomic mass is 10.2. The van der Waals surface area contributed by atoms with Gasteiger partial charge in [0, 0.05) is 13.1 Å². The molecule has 4 nitrogen and oxygen atoms in total. The van der Waals surface area contributed by atoms with E-state index in [2.05, 4.69) is 17.3 Å². The third-order valence-electron chi connectivity index (χ3n) is 2.42. The van der Waals surface area contributed by atoms with Gasteiger partial charge >= 0.3 is 0 Å². The highest BCUT2D eigenvalue weighted by atomic mass is 15.6. The summed E-state index contributed by atoms with van der Waals surface area (Å²) in [4.78, 5) is 4.34. The Kier molecular flexibility index (Phi) is 2.87. The molecule has 80 valence electrons. The fourth-order valence-electron chi connectivity index (χ4n) is 1.54. The number of aliphatic imine (C=N–C) groups is 1. The first-order chi connectivity index (χ1) is 7.25. The minimum Gasteiger partial charge on any atom is -0.368 e. The molecule has 0 spiro atoms. The van der Waals surface area contributed by atoms with E-state index in [9.17, 15) is 0 Å². The van der Waals surface area contributed by atoms with Crippen LogP contribution in [0.3, 0.4) is 0 Å². The Hall–Kier alpha value is -1.55. The Morgan fingerprint density at radius 3 is 2.73 bits per heavy atom. The van der Waals surface area contributed by atoms with Crippen LogP contribution in [0, 0.1) is 6.92 Å². The van der Waals surface area contributed by atoms with Crippen molar-refractivity contribution in [2.75, 3.05) is 13.1 Å². The average molecular weight is 204 g/mol. The molecule has 0 amide bonds. The summed E-state index contributed by atoms with van der Waals surface area (Å²) in [6.45, 7) is 3.96. The molecule has 0 unspecified atom stereocenters. The number of aryl methyl sites for hydroxylation is 1. The van der Waals surface area contributed by atoms with Crippen LogP contribution in [0.2, 0.25) is 0 Å². The van der Waals surface area contributed by atoms with Gasteiger partial charge in [0.05, 0.1) is 5.69 Å². The average Bonchev–Trinajstić information content (AvgIpc) is 2.74. The molecule has 1 aromatic rings. The van der Waals surface area contributed by atoms with Crippen molar-refractivity contribution < 1.29 is 0 Å². The second kappa shape index (κ2) is 4.31.